The summed E-state index contributed by atoms with van der Waals surface area (Å²) in [5, 5.41) is 0. The fourth-order valence-corrected chi connectivity index (χ4v) is 2.14. The van der Waals surface area contributed by atoms with Gasteiger partial charge in [0, 0.05) is 11.7 Å². The number of nitrogens with two attached hydrogens (primary N) is 1. The first-order chi connectivity index (χ1) is 10.1. The van der Waals surface area contributed by atoms with Gasteiger partial charge in [0.1, 0.15) is 0 Å². The average molecular weight is 319 g/mol. The summed E-state index contributed by atoms with van der Waals surface area (Å²) in [6.45, 7) is 4.31. The van der Waals surface area contributed by atoms with Gasteiger partial charge in [0.25, 0.3) is 0 Å². The van der Waals surface area contributed by atoms with Gasteiger partial charge in [-0.1, -0.05) is 55.5 Å². The second-order valence-corrected chi connectivity index (χ2v) is 5.39. The molecule has 3 nitrogen and oxygen atoms in total. The molecule has 22 heavy (non-hydrogen) atoms. The van der Waals surface area contributed by atoms with E-state index in [1.807, 2.05) is 79.4 Å². The number of rotatable bonds is 5. The molecule has 0 aromatic heterocycles. The van der Waals surface area contributed by atoms with Gasteiger partial charge in [-0.25, -0.2) is 0 Å². The van der Waals surface area contributed by atoms with Crippen LogP contribution in [0.5, 0.6) is 0 Å². The Morgan fingerprint density at radius 3 is 2.00 bits per heavy atom. The molecule has 118 valence electrons. The van der Waals surface area contributed by atoms with E-state index in [1.54, 1.807) is 0 Å². The molecule has 0 spiro atoms. The van der Waals surface area contributed by atoms with E-state index in [1.165, 1.54) is 0 Å². The van der Waals surface area contributed by atoms with Crippen LogP contribution in [0.25, 0.3) is 0 Å². The molecule has 2 aromatic carbocycles. The largest absolute Gasteiger partial charge is 0.327 e. The van der Waals surface area contributed by atoms with E-state index in [2.05, 4.69) is 0 Å². The van der Waals surface area contributed by atoms with Crippen LogP contribution in [-0.2, 0) is 11.3 Å². The van der Waals surface area contributed by atoms with Crippen molar-refractivity contribution < 1.29 is 4.79 Å². The van der Waals surface area contributed by atoms with Crippen LogP contribution in [-0.4, -0.2) is 11.9 Å². The Hall–Kier alpha value is -1.84. The van der Waals surface area contributed by atoms with Crippen molar-refractivity contribution in [3.8, 4) is 0 Å². The first kappa shape index (κ1) is 18.2. The molecule has 2 atom stereocenters. The molecule has 0 aliphatic carbocycles. The van der Waals surface area contributed by atoms with Crippen molar-refractivity contribution in [1.29, 1.82) is 0 Å². The van der Waals surface area contributed by atoms with Crippen LogP contribution < -0.4 is 10.6 Å². The van der Waals surface area contributed by atoms with E-state index in [0.717, 1.165) is 11.3 Å². The van der Waals surface area contributed by atoms with Gasteiger partial charge in [0.2, 0.25) is 5.91 Å². The van der Waals surface area contributed by atoms with Crippen LogP contribution in [0, 0.1) is 5.92 Å². The molecule has 2 aromatic rings. The molecule has 1 amide bonds. The van der Waals surface area contributed by atoms with E-state index in [-0.39, 0.29) is 30.3 Å². The summed E-state index contributed by atoms with van der Waals surface area (Å²) < 4.78 is 0. The van der Waals surface area contributed by atoms with Gasteiger partial charge in [0.05, 0.1) is 12.5 Å². The highest BCUT2D eigenvalue weighted by Gasteiger charge is 2.24. The Bertz CT molecular complexity index is 572. The van der Waals surface area contributed by atoms with Gasteiger partial charge >= 0.3 is 0 Å². The number of carbonyl (C=O) groups excluding carboxylic acids is 1. The fourth-order valence-electron chi connectivity index (χ4n) is 2.14. The van der Waals surface area contributed by atoms with E-state index in [9.17, 15) is 4.79 Å². The van der Waals surface area contributed by atoms with E-state index < -0.39 is 0 Å². The second-order valence-electron chi connectivity index (χ2n) is 5.39. The van der Waals surface area contributed by atoms with E-state index >= 15 is 0 Å². The lowest BCUT2D eigenvalue weighted by atomic mass is 10.0. The maximum absolute atomic E-state index is 12.7. The summed E-state index contributed by atoms with van der Waals surface area (Å²) in [7, 11) is 0. The van der Waals surface area contributed by atoms with E-state index in [0.29, 0.717) is 6.54 Å². The topological polar surface area (TPSA) is 46.3 Å². The number of amides is 1. The summed E-state index contributed by atoms with van der Waals surface area (Å²) in [5.41, 5.74) is 7.90. The minimum atomic E-state index is -0.214. The maximum atomic E-state index is 12.7. The van der Waals surface area contributed by atoms with Crippen molar-refractivity contribution in [3.63, 3.8) is 0 Å². The van der Waals surface area contributed by atoms with Crippen molar-refractivity contribution in [2.45, 2.75) is 26.4 Å². The van der Waals surface area contributed by atoms with Gasteiger partial charge in [-0.05, 0) is 24.6 Å². The van der Waals surface area contributed by atoms with Crippen LogP contribution in [0.1, 0.15) is 19.4 Å². The molecule has 0 radical (unpaired) electrons. The number of benzene rings is 2. The van der Waals surface area contributed by atoms with Crippen molar-refractivity contribution in [2.75, 3.05) is 4.90 Å². The standard InChI is InChI=1S/C18H22N2O.ClH/c1-14(15(2)19)18(21)20(17-11-7-4-8-12-17)13-16-9-5-3-6-10-16;/h3-12,14-15H,13,19H2,1-2H3;1H. The molecule has 2 rings (SSSR count). The number of carbonyl (C=O) groups is 1. The molecular formula is C18H23ClN2O. The predicted octanol–water partition coefficient (Wildman–Crippen LogP) is 3.62. The Morgan fingerprint density at radius 1 is 1.00 bits per heavy atom. The molecule has 4 heteroatoms. The lowest BCUT2D eigenvalue weighted by Gasteiger charge is -2.27. The Kier molecular flexibility index (Phi) is 7.09. The molecule has 0 fully saturated rings. The molecule has 0 saturated carbocycles. The monoisotopic (exact) mass is 318 g/mol. The minimum absolute atomic E-state index is 0. The summed E-state index contributed by atoms with van der Waals surface area (Å²) in [6.07, 6.45) is 0. The van der Waals surface area contributed by atoms with Crippen molar-refractivity contribution in [2.24, 2.45) is 11.7 Å². The lowest BCUT2D eigenvalue weighted by Crippen LogP contribution is -2.41. The third kappa shape index (κ3) is 4.58. The van der Waals surface area contributed by atoms with Crippen LogP contribution in [0.3, 0.4) is 0 Å². The van der Waals surface area contributed by atoms with Gasteiger partial charge < -0.3 is 10.6 Å². The fraction of sp³-hybridized carbons (Fsp3) is 0.278. The quantitative estimate of drug-likeness (QED) is 0.915. The molecule has 0 bridgehead atoms. The van der Waals surface area contributed by atoms with Gasteiger partial charge in [0.15, 0.2) is 0 Å². The second kappa shape index (κ2) is 8.57. The Morgan fingerprint density at radius 2 is 1.50 bits per heavy atom. The first-order valence-corrected chi connectivity index (χ1v) is 7.25. The molecule has 2 N–H and O–H groups in total. The van der Waals surface area contributed by atoms with Gasteiger partial charge in [-0.2, -0.15) is 0 Å². The number of hydrogen-bond donors (Lipinski definition) is 1. The maximum Gasteiger partial charge on any atom is 0.231 e. The Balaban J connectivity index is 0.00000242. The predicted molar refractivity (Wildman–Crippen MR) is 94.1 cm³/mol. The molecule has 0 aliphatic rings. The first-order valence-electron chi connectivity index (χ1n) is 7.25. The van der Waals surface area contributed by atoms with Crippen LogP contribution in [0.15, 0.2) is 60.7 Å². The zero-order valence-corrected chi connectivity index (χ0v) is 13.8. The van der Waals surface area contributed by atoms with Crippen LogP contribution in [0.4, 0.5) is 5.69 Å². The molecule has 2 unspecified atom stereocenters. The van der Waals surface area contributed by atoms with Crippen molar-refractivity contribution in [1.82, 2.24) is 0 Å². The zero-order chi connectivity index (χ0) is 15.2. The molecule has 0 aliphatic heterocycles. The zero-order valence-electron chi connectivity index (χ0n) is 13.0. The number of hydrogen-bond acceptors (Lipinski definition) is 2. The highest BCUT2D eigenvalue weighted by atomic mass is 35.5. The number of halogens is 1. The smallest absolute Gasteiger partial charge is 0.231 e. The SMILES string of the molecule is CC(N)C(C)C(=O)N(Cc1ccccc1)c1ccccc1.Cl. The molecular weight excluding hydrogens is 296 g/mol. The van der Waals surface area contributed by atoms with Crippen molar-refractivity contribution in [3.05, 3.63) is 66.2 Å². The normalized spacial score (nSPS) is 12.9. The highest BCUT2D eigenvalue weighted by Crippen LogP contribution is 2.20. The van der Waals surface area contributed by atoms with Gasteiger partial charge in [-0.15, -0.1) is 12.4 Å². The van der Waals surface area contributed by atoms with Crippen molar-refractivity contribution >= 4 is 24.0 Å². The summed E-state index contributed by atoms with van der Waals surface area (Å²) in [6, 6.07) is 19.6. The third-order valence-electron chi connectivity index (χ3n) is 3.70. The molecule has 0 saturated heterocycles. The van der Waals surface area contributed by atoms with E-state index in [4.69, 9.17) is 5.73 Å². The summed E-state index contributed by atoms with van der Waals surface area (Å²) >= 11 is 0. The lowest BCUT2D eigenvalue weighted by molar-refractivity contribution is -0.122. The van der Waals surface area contributed by atoms with Crippen LogP contribution >= 0.6 is 12.4 Å². The third-order valence-corrected chi connectivity index (χ3v) is 3.70. The van der Waals surface area contributed by atoms with Gasteiger partial charge in [-0.3, -0.25) is 4.79 Å². The highest BCUT2D eigenvalue weighted by molar-refractivity contribution is 5.95. The Labute approximate surface area is 138 Å². The average Bonchev–Trinajstić information content (AvgIpc) is 2.53. The number of anilines is 1. The summed E-state index contributed by atoms with van der Waals surface area (Å²) in [4.78, 5) is 14.5. The number of nitrogens with zero attached hydrogens (tertiary/aromatic N) is 1. The number of para-hydroxylation sites is 1. The molecule has 0 heterocycles. The van der Waals surface area contributed by atoms with Crippen LogP contribution in [0.2, 0.25) is 0 Å². The minimum Gasteiger partial charge on any atom is -0.327 e. The summed E-state index contributed by atoms with van der Waals surface area (Å²) in [5.74, 6) is -0.158.